The molecule has 0 aliphatic carbocycles. The molecule has 126 valence electrons. The molecule has 0 aliphatic heterocycles. The number of phenols is 1. The van der Waals surface area contributed by atoms with Gasteiger partial charge in [0.2, 0.25) is 0 Å². The van der Waals surface area contributed by atoms with Crippen molar-refractivity contribution in [3.05, 3.63) is 83.2 Å². The molecule has 5 heteroatoms. The molecule has 0 fully saturated rings. The van der Waals surface area contributed by atoms with Gasteiger partial charge in [-0.25, -0.2) is 5.43 Å². The van der Waals surface area contributed by atoms with Gasteiger partial charge in [-0.05, 0) is 62.4 Å². The van der Waals surface area contributed by atoms with E-state index in [4.69, 9.17) is 0 Å². The van der Waals surface area contributed by atoms with Gasteiger partial charge in [0.15, 0.2) is 0 Å². The summed E-state index contributed by atoms with van der Waals surface area (Å²) in [5.74, 6) is -0.193. The first-order valence-electron chi connectivity index (χ1n) is 7.93. The zero-order valence-electron chi connectivity index (χ0n) is 14.1. The van der Waals surface area contributed by atoms with E-state index in [-0.39, 0.29) is 11.7 Å². The lowest BCUT2D eigenvalue weighted by molar-refractivity contribution is 0.0955. The summed E-state index contributed by atoms with van der Waals surface area (Å²) < 4.78 is 2.12. The minimum atomic E-state index is -0.306. The van der Waals surface area contributed by atoms with Crippen LogP contribution in [0.4, 0.5) is 0 Å². The molecule has 5 nitrogen and oxygen atoms in total. The minimum absolute atomic E-state index is 0.113. The standard InChI is InChI=1S/C20H19N3O2/c1-14-7-8-15(2)23(14)18-11-9-16(10-12-18)20(25)22-21-13-17-5-3-4-6-19(17)24/h3-13,24H,1-2H3,(H,22,25)/b21-13-. The molecular weight excluding hydrogens is 314 g/mol. The normalized spacial score (nSPS) is 11.0. The van der Waals surface area contributed by atoms with Gasteiger partial charge in [0, 0.05) is 28.2 Å². The van der Waals surface area contributed by atoms with Crippen molar-refractivity contribution in [2.75, 3.05) is 0 Å². The van der Waals surface area contributed by atoms with Gasteiger partial charge in [0.05, 0.1) is 6.21 Å². The number of benzene rings is 2. The SMILES string of the molecule is Cc1ccc(C)n1-c1ccc(C(=O)N/N=C\c2ccccc2O)cc1. The summed E-state index contributed by atoms with van der Waals surface area (Å²) in [5.41, 5.74) is 6.81. The summed E-state index contributed by atoms with van der Waals surface area (Å²) in [5, 5.41) is 13.5. The molecule has 1 amide bonds. The topological polar surface area (TPSA) is 66.6 Å². The Balaban J connectivity index is 1.70. The molecule has 2 N–H and O–H groups in total. The Morgan fingerprint density at radius 1 is 1.00 bits per heavy atom. The third-order valence-corrected chi connectivity index (χ3v) is 3.97. The highest BCUT2D eigenvalue weighted by atomic mass is 16.3. The number of hydrogen-bond acceptors (Lipinski definition) is 3. The van der Waals surface area contributed by atoms with Crippen LogP contribution in [0.2, 0.25) is 0 Å². The molecule has 0 saturated carbocycles. The molecule has 3 rings (SSSR count). The van der Waals surface area contributed by atoms with E-state index in [0.29, 0.717) is 11.1 Å². The van der Waals surface area contributed by atoms with Crippen LogP contribution >= 0.6 is 0 Å². The van der Waals surface area contributed by atoms with Gasteiger partial charge in [-0.1, -0.05) is 12.1 Å². The molecule has 1 aromatic heterocycles. The van der Waals surface area contributed by atoms with E-state index in [0.717, 1.165) is 17.1 Å². The lowest BCUT2D eigenvalue weighted by Crippen LogP contribution is -2.17. The zero-order valence-corrected chi connectivity index (χ0v) is 14.1. The number of aromatic hydroxyl groups is 1. The van der Waals surface area contributed by atoms with Crippen LogP contribution in [-0.2, 0) is 0 Å². The van der Waals surface area contributed by atoms with Crippen LogP contribution in [0, 0.1) is 13.8 Å². The third kappa shape index (κ3) is 3.61. The Labute approximate surface area is 146 Å². The monoisotopic (exact) mass is 333 g/mol. The first kappa shape index (κ1) is 16.5. The number of carbonyl (C=O) groups excluding carboxylic acids is 1. The van der Waals surface area contributed by atoms with Crippen molar-refractivity contribution >= 4 is 12.1 Å². The number of hydrazone groups is 1. The maximum Gasteiger partial charge on any atom is 0.271 e. The van der Waals surface area contributed by atoms with Crippen LogP contribution in [0.5, 0.6) is 5.75 Å². The molecule has 3 aromatic rings. The summed E-state index contributed by atoms with van der Waals surface area (Å²) in [6.45, 7) is 4.09. The number of nitrogens with zero attached hydrogens (tertiary/aromatic N) is 2. The summed E-state index contributed by atoms with van der Waals surface area (Å²) in [6, 6.07) is 18.2. The quantitative estimate of drug-likeness (QED) is 0.566. The van der Waals surface area contributed by atoms with E-state index in [1.54, 1.807) is 36.4 Å². The fourth-order valence-electron chi connectivity index (χ4n) is 2.66. The van der Waals surface area contributed by atoms with Gasteiger partial charge < -0.3 is 9.67 Å². The number of aryl methyl sites for hydroxylation is 2. The zero-order chi connectivity index (χ0) is 17.8. The van der Waals surface area contributed by atoms with Gasteiger partial charge in [-0.3, -0.25) is 4.79 Å². The van der Waals surface area contributed by atoms with Gasteiger partial charge >= 0.3 is 0 Å². The van der Waals surface area contributed by atoms with Crippen LogP contribution < -0.4 is 5.43 Å². The fourth-order valence-corrected chi connectivity index (χ4v) is 2.66. The number of rotatable bonds is 4. The second-order valence-corrected chi connectivity index (χ2v) is 5.76. The van der Waals surface area contributed by atoms with Crippen LogP contribution in [0.25, 0.3) is 5.69 Å². The number of amides is 1. The molecule has 0 bridgehead atoms. The maximum atomic E-state index is 12.2. The van der Waals surface area contributed by atoms with Crippen molar-refractivity contribution in [2.45, 2.75) is 13.8 Å². The Bertz CT molecular complexity index is 905. The molecule has 0 aliphatic rings. The molecule has 1 heterocycles. The van der Waals surface area contributed by atoms with Crippen molar-refractivity contribution < 1.29 is 9.90 Å². The van der Waals surface area contributed by atoms with Crippen LogP contribution in [0.15, 0.2) is 65.8 Å². The van der Waals surface area contributed by atoms with Gasteiger partial charge in [-0.15, -0.1) is 0 Å². The number of aromatic nitrogens is 1. The van der Waals surface area contributed by atoms with E-state index >= 15 is 0 Å². The molecule has 2 aromatic carbocycles. The first-order valence-corrected chi connectivity index (χ1v) is 7.93. The summed E-state index contributed by atoms with van der Waals surface area (Å²) in [4.78, 5) is 12.2. The predicted octanol–water partition coefficient (Wildman–Crippen LogP) is 3.56. The molecule has 0 spiro atoms. The highest BCUT2D eigenvalue weighted by molar-refractivity contribution is 5.95. The largest absolute Gasteiger partial charge is 0.507 e. The minimum Gasteiger partial charge on any atom is -0.507 e. The van der Waals surface area contributed by atoms with Crippen LogP contribution in [-0.4, -0.2) is 21.8 Å². The second kappa shape index (κ2) is 7.05. The molecule has 0 saturated heterocycles. The van der Waals surface area contributed by atoms with Crippen molar-refractivity contribution in [2.24, 2.45) is 5.10 Å². The predicted molar refractivity (Wildman–Crippen MR) is 98.4 cm³/mol. The lowest BCUT2D eigenvalue weighted by atomic mass is 10.2. The molecule has 0 unspecified atom stereocenters. The average Bonchev–Trinajstić information content (AvgIpc) is 2.95. The third-order valence-electron chi connectivity index (χ3n) is 3.97. The fraction of sp³-hybridized carbons (Fsp3) is 0.100. The summed E-state index contributed by atoms with van der Waals surface area (Å²) >= 11 is 0. The summed E-state index contributed by atoms with van der Waals surface area (Å²) in [6.07, 6.45) is 1.41. The van der Waals surface area contributed by atoms with Gasteiger partial charge in [0.25, 0.3) is 5.91 Å². The van der Waals surface area contributed by atoms with E-state index in [1.165, 1.54) is 6.21 Å². The summed E-state index contributed by atoms with van der Waals surface area (Å²) in [7, 11) is 0. The smallest absolute Gasteiger partial charge is 0.271 e. The van der Waals surface area contributed by atoms with E-state index in [9.17, 15) is 9.90 Å². The lowest BCUT2D eigenvalue weighted by Gasteiger charge is -2.10. The van der Waals surface area contributed by atoms with Crippen LogP contribution in [0.1, 0.15) is 27.3 Å². The Morgan fingerprint density at radius 2 is 1.64 bits per heavy atom. The van der Waals surface area contributed by atoms with Crippen LogP contribution in [0.3, 0.4) is 0 Å². The Kier molecular flexibility index (Phi) is 4.66. The van der Waals surface area contributed by atoms with E-state index in [2.05, 4.69) is 27.2 Å². The number of carbonyl (C=O) groups is 1. The van der Waals surface area contributed by atoms with Gasteiger partial charge in [0.1, 0.15) is 5.75 Å². The first-order chi connectivity index (χ1) is 12.1. The number of nitrogens with one attached hydrogen (secondary N) is 1. The number of para-hydroxylation sites is 1. The molecular formula is C20H19N3O2. The van der Waals surface area contributed by atoms with Crippen molar-refractivity contribution in [1.82, 2.24) is 9.99 Å². The van der Waals surface area contributed by atoms with E-state index in [1.807, 2.05) is 26.0 Å². The second-order valence-electron chi connectivity index (χ2n) is 5.76. The highest BCUT2D eigenvalue weighted by Crippen LogP contribution is 2.17. The van der Waals surface area contributed by atoms with Gasteiger partial charge in [-0.2, -0.15) is 5.10 Å². The maximum absolute atomic E-state index is 12.2. The highest BCUT2D eigenvalue weighted by Gasteiger charge is 2.07. The van der Waals surface area contributed by atoms with E-state index < -0.39 is 0 Å². The Hall–Kier alpha value is -3.34. The molecule has 0 atom stereocenters. The number of phenolic OH excluding ortho intramolecular Hbond substituents is 1. The molecule has 0 radical (unpaired) electrons. The number of hydrogen-bond donors (Lipinski definition) is 2. The van der Waals surface area contributed by atoms with Crippen molar-refractivity contribution in [3.63, 3.8) is 0 Å². The van der Waals surface area contributed by atoms with Crippen molar-refractivity contribution in [3.8, 4) is 11.4 Å². The average molecular weight is 333 g/mol. The Morgan fingerprint density at radius 3 is 2.28 bits per heavy atom. The van der Waals surface area contributed by atoms with Crippen molar-refractivity contribution in [1.29, 1.82) is 0 Å². The molecule has 25 heavy (non-hydrogen) atoms.